The van der Waals surface area contributed by atoms with Crippen molar-refractivity contribution in [1.29, 1.82) is 0 Å². The summed E-state index contributed by atoms with van der Waals surface area (Å²) in [5.41, 5.74) is 7.43. The Kier molecular flexibility index (Phi) is 6.61. The van der Waals surface area contributed by atoms with E-state index in [9.17, 15) is 4.39 Å². The smallest absolute Gasteiger partial charge is 0.229 e. The molecule has 1 heterocycles. The third-order valence-corrected chi connectivity index (χ3v) is 4.54. The number of anilines is 3. The molecular formula is C21H26FN5. The van der Waals surface area contributed by atoms with Crippen molar-refractivity contribution in [2.45, 2.75) is 45.1 Å². The lowest BCUT2D eigenvalue weighted by atomic mass is 9.86. The normalized spacial score (nSPS) is 19.1. The van der Waals surface area contributed by atoms with E-state index in [1.54, 1.807) is 18.3 Å². The molecule has 0 aliphatic heterocycles. The van der Waals surface area contributed by atoms with Crippen molar-refractivity contribution in [1.82, 2.24) is 9.97 Å². The molecule has 2 unspecified atom stereocenters. The largest absolute Gasteiger partial charge is 0.369 e. The molecule has 142 valence electrons. The Labute approximate surface area is 160 Å². The van der Waals surface area contributed by atoms with Gasteiger partial charge in [-0.3, -0.25) is 0 Å². The van der Waals surface area contributed by atoms with Crippen molar-refractivity contribution >= 4 is 17.5 Å². The lowest BCUT2D eigenvalue weighted by molar-refractivity contribution is 0.381. The fourth-order valence-electron chi connectivity index (χ4n) is 3.15. The van der Waals surface area contributed by atoms with Gasteiger partial charge in [-0.2, -0.15) is 4.98 Å². The van der Waals surface area contributed by atoms with Gasteiger partial charge >= 0.3 is 0 Å². The summed E-state index contributed by atoms with van der Waals surface area (Å²) in [6, 6.07) is 6.47. The number of nitrogens with two attached hydrogens (primary N) is 1. The molecule has 1 aliphatic rings. The molecule has 0 spiro atoms. The summed E-state index contributed by atoms with van der Waals surface area (Å²) in [5, 5.41) is 6.34. The predicted molar refractivity (Wildman–Crippen MR) is 107 cm³/mol. The zero-order valence-electron chi connectivity index (χ0n) is 15.6. The maximum Gasteiger partial charge on any atom is 0.229 e. The molecule has 5 nitrogen and oxygen atoms in total. The van der Waals surface area contributed by atoms with Crippen molar-refractivity contribution in [3.05, 3.63) is 41.8 Å². The minimum absolute atomic E-state index is 0.254. The minimum Gasteiger partial charge on any atom is -0.369 e. The van der Waals surface area contributed by atoms with Crippen molar-refractivity contribution in [3.63, 3.8) is 0 Å². The molecule has 6 heteroatoms. The van der Waals surface area contributed by atoms with Gasteiger partial charge < -0.3 is 16.4 Å². The van der Waals surface area contributed by atoms with Crippen LogP contribution in [0.25, 0.3) is 0 Å². The first-order chi connectivity index (χ1) is 13.1. The second kappa shape index (κ2) is 9.33. The van der Waals surface area contributed by atoms with Gasteiger partial charge in [0.15, 0.2) is 0 Å². The van der Waals surface area contributed by atoms with Crippen LogP contribution in [0.2, 0.25) is 0 Å². The molecule has 0 bridgehead atoms. The van der Waals surface area contributed by atoms with Crippen LogP contribution in [-0.4, -0.2) is 22.6 Å². The predicted octanol–water partition coefficient (Wildman–Crippen LogP) is 4.05. The summed E-state index contributed by atoms with van der Waals surface area (Å²) in [6.45, 7) is 2.88. The number of benzene rings is 1. The quantitative estimate of drug-likeness (QED) is 0.695. The Morgan fingerprint density at radius 3 is 3.00 bits per heavy atom. The zero-order valence-corrected chi connectivity index (χ0v) is 15.6. The van der Waals surface area contributed by atoms with Crippen LogP contribution in [0.3, 0.4) is 0 Å². The van der Waals surface area contributed by atoms with Crippen LogP contribution in [0, 0.1) is 23.6 Å². The van der Waals surface area contributed by atoms with Crippen LogP contribution in [0.1, 0.15) is 44.6 Å². The SMILES string of the molecule is CCCNc1nc(Nc2cccc(F)c2)ncc1C#CC1CCCC(N)C1. The highest BCUT2D eigenvalue weighted by atomic mass is 19.1. The highest BCUT2D eigenvalue weighted by molar-refractivity contribution is 5.59. The molecule has 27 heavy (non-hydrogen) atoms. The van der Waals surface area contributed by atoms with Gasteiger partial charge in [-0.15, -0.1) is 0 Å². The summed E-state index contributed by atoms with van der Waals surface area (Å²) in [7, 11) is 0. The van der Waals surface area contributed by atoms with E-state index in [-0.39, 0.29) is 11.9 Å². The average molecular weight is 367 g/mol. The Hall–Kier alpha value is -2.65. The molecule has 1 fully saturated rings. The highest BCUT2D eigenvalue weighted by Gasteiger charge is 2.17. The van der Waals surface area contributed by atoms with E-state index in [4.69, 9.17) is 5.73 Å². The fourth-order valence-corrected chi connectivity index (χ4v) is 3.15. The second-order valence-electron chi connectivity index (χ2n) is 6.91. The van der Waals surface area contributed by atoms with Crippen molar-refractivity contribution in [3.8, 4) is 11.8 Å². The van der Waals surface area contributed by atoms with Crippen LogP contribution in [0.5, 0.6) is 0 Å². The van der Waals surface area contributed by atoms with E-state index in [1.807, 2.05) is 0 Å². The Bertz CT molecular complexity index is 827. The summed E-state index contributed by atoms with van der Waals surface area (Å²) in [4.78, 5) is 8.87. The molecule has 0 saturated heterocycles. The molecule has 1 aliphatic carbocycles. The van der Waals surface area contributed by atoms with E-state index >= 15 is 0 Å². The summed E-state index contributed by atoms with van der Waals surface area (Å²) < 4.78 is 13.4. The average Bonchev–Trinajstić information content (AvgIpc) is 2.65. The van der Waals surface area contributed by atoms with Gasteiger partial charge in [0, 0.05) is 24.2 Å². The molecule has 0 amide bonds. The number of hydrogen-bond donors (Lipinski definition) is 3. The lowest BCUT2D eigenvalue weighted by Gasteiger charge is -2.22. The Morgan fingerprint density at radius 1 is 1.33 bits per heavy atom. The van der Waals surface area contributed by atoms with Crippen molar-refractivity contribution in [2.24, 2.45) is 11.7 Å². The number of aromatic nitrogens is 2. The topological polar surface area (TPSA) is 75.9 Å². The first-order valence-corrected chi connectivity index (χ1v) is 9.54. The molecule has 3 rings (SSSR count). The molecule has 0 radical (unpaired) electrons. The third kappa shape index (κ3) is 5.66. The summed E-state index contributed by atoms with van der Waals surface area (Å²) >= 11 is 0. The second-order valence-corrected chi connectivity index (χ2v) is 6.91. The van der Waals surface area contributed by atoms with Crippen molar-refractivity contribution < 1.29 is 4.39 Å². The van der Waals surface area contributed by atoms with Crippen LogP contribution >= 0.6 is 0 Å². The number of nitrogens with one attached hydrogen (secondary N) is 2. The van der Waals surface area contributed by atoms with Gasteiger partial charge in [-0.1, -0.05) is 31.3 Å². The van der Waals surface area contributed by atoms with Gasteiger partial charge in [-0.25, -0.2) is 9.37 Å². The summed E-state index contributed by atoms with van der Waals surface area (Å²) in [6.07, 6.45) is 6.95. The van der Waals surface area contributed by atoms with Crippen LogP contribution in [0.4, 0.5) is 21.8 Å². The van der Waals surface area contributed by atoms with Crippen LogP contribution in [0.15, 0.2) is 30.5 Å². The molecule has 2 atom stereocenters. The third-order valence-electron chi connectivity index (χ3n) is 4.54. The maximum absolute atomic E-state index is 13.4. The molecule has 4 N–H and O–H groups in total. The maximum atomic E-state index is 13.4. The number of hydrogen-bond acceptors (Lipinski definition) is 5. The van der Waals surface area contributed by atoms with Gasteiger partial charge in [0.05, 0.1) is 11.8 Å². The standard InChI is InChI=1S/C21H26FN5/c1-2-11-24-20-16(10-9-15-5-3-7-18(23)12-15)14-25-21(27-20)26-19-8-4-6-17(22)13-19/h4,6,8,13-15,18H,2-3,5,7,11-12,23H2,1H3,(H2,24,25,26,27). The van der Waals surface area contributed by atoms with Crippen molar-refractivity contribution in [2.75, 3.05) is 17.2 Å². The van der Waals surface area contributed by atoms with Crippen LogP contribution in [-0.2, 0) is 0 Å². The summed E-state index contributed by atoms with van der Waals surface area (Å²) in [5.74, 6) is 7.70. The monoisotopic (exact) mass is 367 g/mol. The fraction of sp³-hybridized carbons (Fsp3) is 0.429. The lowest BCUT2D eigenvalue weighted by Crippen LogP contribution is -2.27. The first kappa shape index (κ1) is 19.1. The van der Waals surface area contributed by atoms with E-state index < -0.39 is 0 Å². The number of halogens is 1. The molecule has 1 aromatic heterocycles. The number of rotatable bonds is 5. The Balaban J connectivity index is 1.79. The van der Waals surface area contributed by atoms with E-state index in [0.29, 0.717) is 23.4 Å². The van der Waals surface area contributed by atoms with Crippen LogP contribution < -0.4 is 16.4 Å². The van der Waals surface area contributed by atoms with E-state index in [1.165, 1.54) is 12.1 Å². The first-order valence-electron chi connectivity index (χ1n) is 9.54. The minimum atomic E-state index is -0.308. The van der Waals surface area contributed by atoms with Gasteiger partial charge in [0.2, 0.25) is 5.95 Å². The highest BCUT2D eigenvalue weighted by Crippen LogP contribution is 2.23. The molecule has 1 aromatic carbocycles. The Morgan fingerprint density at radius 2 is 2.22 bits per heavy atom. The van der Waals surface area contributed by atoms with E-state index in [0.717, 1.165) is 44.2 Å². The van der Waals surface area contributed by atoms with Gasteiger partial charge in [0.1, 0.15) is 11.6 Å². The molecule has 2 aromatic rings. The zero-order chi connectivity index (χ0) is 19.1. The van der Waals surface area contributed by atoms with Gasteiger partial charge in [0.25, 0.3) is 0 Å². The van der Waals surface area contributed by atoms with Gasteiger partial charge in [-0.05, 0) is 43.9 Å². The molecule has 1 saturated carbocycles. The molecular weight excluding hydrogens is 341 g/mol. The van der Waals surface area contributed by atoms with E-state index in [2.05, 4.69) is 39.4 Å². The number of nitrogens with zero attached hydrogens (tertiary/aromatic N) is 2.